The summed E-state index contributed by atoms with van der Waals surface area (Å²) >= 11 is 6.24. The van der Waals surface area contributed by atoms with Crippen LogP contribution >= 0.6 is 11.6 Å². The normalized spacial score (nSPS) is 29.9. The SMILES string of the molecule is Cc1nn(C)c(Cl)c1CC1(N)CCC(C)C1. The van der Waals surface area contributed by atoms with Gasteiger partial charge in [0.25, 0.3) is 0 Å². The topological polar surface area (TPSA) is 43.8 Å². The van der Waals surface area contributed by atoms with Crippen molar-refractivity contribution in [3.05, 3.63) is 16.4 Å². The van der Waals surface area contributed by atoms with Crippen LogP contribution < -0.4 is 5.73 Å². The molecule has 90 valence electrons. The first kappa shape index (κ1) is 11.9. The van der Waals surface area contributed by atoms with Crippen LogP contribution in [0.3, 0.4) is 0 Å². The van der Waals surface area contributed by atoms with E-state index in [-0.39, 0.29) is 5.54 Å². The highest BCUT2D eigenvalue weighted by Crippen LogP contribution is 2.36. The van der Waals surface area contributed by atoms with Gasteiger partial charge in [0.2, 0.25) is 0 Å². The van der Waals surface area contributed by atoms with Gasteiger partial charge in [0.05, 0.1) is 5.69 Å². The summed E-state index contributed by atoms with van der Waals surface area (Å²) in [5, 5.41) is 5.07. The highest BCUT2D eigenvalue weighted by Gasteiger charge is 2.35. The summed E-state index contributed by atoms with van der Waals surface area (Å²) in [4.78, 5) is 0. The Balaban J connectivity index is 2.21. The molecule has 0 aromatic carbocycles. The molecule has 0 bridgehead atoms. The first-order valence-corrected chi connectivity index (χ1v) is 6.26. The molecule has 0 radical (unpaired) electrons. The minimum absolute atomic E-state index is 0.0726. The Labute approximate surface area is 102 Å². The molecule has 1 aromatic heterocycles. The predicted molar refractivity (Wildman–Crippen MR) is 66.6 cm³/mol. The molecule has 2 atom stereocenters. The molecule has 0 spiro atoms. The highest BCUT2D eigenvalue weighted by atomic mass is 35.5. The summed E-state index contributed by atoms with van der Waals surface area (Å²) < 4.78 is 1.73. The fraction of sp³-hybridized carbons (Fsp3) is 0.750. The van der Waals surface area contributed by atoms with E-state index in [4.69, 9.17) is 17.3 Å². The van der Waals surface area contributed by atoms with Gasteiger partial charge in [-0.25, -0.2) is 0 Å². The lowest BCUT2D eigenvalue weighted by Gasteiger charge is -2.23. The molecule has 1 aromatic rings. The standard InChI is InChI=1S/C12H20ClN3/c1-8-4-5-12(14,6-8)7-10-9(2)15-16(3)11(10)13/h8H,4-7,14H2,1-3H3. The minimum atomic E-state index is -0.0726. The fourth-order valence-electron chi connectivity index (χ4n) is 2.82. The van der Waals surface area contributed by atoms with Crippen LogP contribution in [0, 0.1) is 12.8 Å². The van der Waals surface area contributed by atoms with Crippen molar-refractivity contribution in [1.29, 1.82) is 0 Å². The van der Waals surface area contributed by atoms with E-state index >= 15 is 0 Å². The second-order valence-electron chi connectivity index (χ2n) is 5.37. The number of hydrogen-bond donors (Lipinski definition) is 1. The van der Waals surface area contributed by atoms with Gasteiger partial charge >= 0.3 is 0 Å². The van der Waals surface area contributed by atoms with Crippen LogP contribution in [0.4, 0.5) is 0 Å². The fourth-order valence-corrected chi connectivity index (χ4v) is 3.06. The number of aromatic nitrogens is 2. The van der Waals surface area contributed by atoms with Crippen molar-refractivity contribution in [3.8, 4) is 0 Å². The minimum Gasteiger partial charge on any atom is -0.325 e. The lowest BCUT2D eigenvalue weighted by molar-refractivity contribution is 0.418. The third-order valence-corrected chi connectivity index (χ3v) is 4.16. The van der Waals surface area contributed by atoms with Gasteiger partial charge in [-0.15, -0.1) is 0 Å². The number of nitrogens with zero attached hydrogens (tertiary/aromatic N) is 2. The molecular weight excluding hydrogens is 222 g/mol. The summed E-state index contributed by atoms with van der Waals surface area (Å²) in [5.41, 5.74) is 8.50. The molecule has 1 heterocycles. The Morgan fingerprint density at radius 2 is 2.31 bits per heavy atom. The van der Waals surface area contributed by atoms with Crippen molar-refractivity contribution in [2.24, 2.45) is 18.7 Å². The summed E-state index contributed by atoms with van der Waals surface area (Å²) in [6.45, 7) is 4.27. The van der Waals surface area contributed by atoms with Gasteiger partial charge in [-0.3, -0.25) is 4.68 Å². The quantitative estimate of drug-likeness (QED) is 0.865. The van der Waals surface area contributed by atoms with Gasteiger partial charge in [0.1, 0.15) is 5.15 Å². The van der Waals surface area contributed by atoms with E-state index in [1.807, 2.05) is 14.0 Å². The van der Waals surface area contributed by atoms with Crippen molar-refractivity contribution < 1.29 is 0 Å². The molecule has 4 heteroatoms. The summed E-state index contributed by atoms with van der Waals surface area (Å²) in [6.07, 6.45) is 4.28. The third kappa shape index (κ3) is 2.11. The van der Waals surface area contributed by atoms with Crippen LogP contribution in [0.15, 0.2) is 0 Å². The van der Waals surface area contributed by atoms with E-state index in [1.165, 1.54) is 6.42 Å². The molecule has 3 nitrogen and oxygen atoms in total. The molecule has 2 N–H and O–H groups in total. The van der Waals surface area contributed by atoms with Crippen molar-refractivity contribution in [1.82, 2.24) is 9.78 Å². The second-order valence-corrected chi connectivity index (χ2v) is 5.72. The van der Waals surface area contributed by atoms with Gasteiger partial charge in [0, 0.05) is 18.2 Å². The maximum atomic E-state index is 6.43. The zero-order chi connectivity index (χ0) is 11.9. The summed E-state index contributed by atoms with van der Waals surface area (Å²) in [5.74, 6) is 0.737. The van der Waals surface area contributed by atoms with E-state index in [0.29, 0.717) is 0 Å². The molecule has 1 aliphatic rings. The van der Waals surface area contributed by atoms with Crippen molar-refractivity contribution in [2.75, 3.05) is 0 Å². The highest BCUT2D eigenvalue weighted by molar-refractivity contribution is 6.30. The molecule has 0 aliphatic heterocycles. The molecule has 0 saturated heterocycles. The van der Waals surface area contributed by atoms with Crippen LogP contribution in [0.2, 0.25) is 5.15 Å². The van der Waals surface area contributed by atoms with Gasteiger partial charge in [-0.2, -0.15) is 5.10 Å². The summed E-state index contributed by atoms with van der Waals surface area (Å²) in [6, 6.07) is 0. The van der Waals surface area contributed by atoms with Gasteiger partial charge in [-0.05, 0) is 38.5 Å². The Bertz CT molecular complexity index is 399. The van der Waals surface area contributed by atoms with Crippen molar-refractivity contribution in [2.45, 2.75) is 45.1 Å². The maximum Gasteiger partial charge on any atom is 0.130 e. The number of hydrogen-bond acceptors (Lipinski definition) is 2. The van der Waals surface area contributed by atoms with Crippen LogP contribution in [-0.2, 0) is 13.5 Å². The van der Waals surface area contributed by atoms with E-state index in [9.17, 15) is 0 Å². The molecule has 1 aliphatic carbocycles. The predicted octanol–water partition coefficient (Wildman–Crippen LogP) is 2.44. The Kier molecular flexibility index (Phi) is 3.01. The monoisotopic (exact) mass is 241 g/mol. The zero-order valence-corrected chi connectivity index (χ0v) is 11.0. The number of rotatable bonds is 2. The lowest BCUT2D eigenvalue weighted by atomic mass is 9.90. The van der Waals surface area contributed by atoms with E-state index in [1.54, 1.807) is 4.68 Å². The molecule has 1 saturated carbocycles. The van der Waals surface area contributed by atoms with Crippen molar-refractivity contribution in [3.63, 3.8) is 0 Å². The van der Waals surface area contributed by atoms with Gasteiger partial charge in [0.15, 0.2) is 0 Å². The number of nitrogens with two attached hydrogens (primary N) is 1. The second kappa shape index (κ2) is 4.04. The average molecular weight is 242 g/mol. The lowest BCUT2D eigenvalue weighted by Crippen LogP contribution is -2.39. The molecule has 2 rings (SSSR count). The van der Waals surface area contributed by atoms with Gasteiger partial charge in [-0.1, -0.05) is 18.5 Å². The van der Waals surface area contributed by atoms with E-state index < -0.39 is 0 Å². The first-order chi connectivity index (χ1) is 7.41. The third-order valence-electron chi connectivity index (χ3n) is 3.69. The van der Waals surface area contributed by atoms with Crippen molar-refractivity contribution >= 4 is 11.6 Å². The van der Waals surface area contributed by atoms with E-state index in [2.05, 4.69) is 12.0 Å². The number of halogens is 1. The number of aryl methyl sites for hydroxylation is 2. The zero-order valence-electron chi connectivity index (χ0n) is 10.3. The Morgan fingerprint density at radius 1 is 1.62 bits per heavy atom. The maximum absolute atomic E-state index is 6.43. The molecular formula is C12H20ClN3. The average Bonchev–Trinajstić information content (AvgIpc) is 2.63. The summed E-state index contributed by atoms with van der Waals surface area (Å²) in [7, 11) is 1.87. The van der Waals surface area contributed by atoms with Crippen LogP contribution in [0.1, 0.15) is 37.4 Å². The smallest absolute Gasteiger partial charge is 0.130 e. The van der Waals surface area contributed by atoms with E-state index in [0.717, 1.165) is 41.6 Å². The molecule has 0 amide bonds. The van der Waals surface area contributed by atoms with Crippen LogP contribution in [0.25, 0.3) is 0 Å². The molecule has 16 heavy (non-hydrogen) atoms. The molecule has 1 fully saturated rings. The van der Waals surface area contributed by atoms with Crippen LogP contribution in [0.5, 0.6) is 0 Å². The largest absolute Gasteiger partial charge is 0.325 e. The van der Waals surface area contributed by atoms with Crippen LogP contribution in [-0.4, -0.2) is 15.3 Å². The van der Waals surface area contributed by atoms with Gasteiger partial charge < -0.3 is 5.73 Å². The Morgan fingerprint density at radius 3 is 2.75 bits per heavy atom. The molecule has 2 unspecified atom stereocenters. The first-order valence-electron chi connectivity index (χ1n) is 5.88. The Hall–Kier alpha value is -0.540.